The van der Waals surface area contributed by atoms with Crippen molar-refractivity contribution in [3.05, 3.63) is 40.9 Å². The minimum atomic E-state index is -0.536. The van der Waals surface area contributed by atoms with Crippen molar-refractivity contribution >= 4 is 28.2 Å². The molecule has 1 aromatic heterocycles. The number of nitrogens with zero attached hydrogens (tertiary/aromatic N) is 2. The van der Waals surface area contributed by atoms with E-state index in [-0.39, 0.29) is 0 Å². The van der Waals surface area contributed by atoms with Gasteiger partial charge in [-0.1, -0.05) is 51.3 Å². The maximum atomic E-state index is 12.4. The molecule has 1 fully saturated rings. The SMILES string of the molecule is CC(C)c1cnc(N(C(N)=O)c2ccccc2C(C)(N)C2CCCCC2)s1. The van der Waals surface area contributed by atoms with E-state index in [2.05, 4.69) is 25.8 Å². The Morgan fingerprint density at radius 1 is 1.26 bits per heavy atom. The molecular weight excluding hydrogens is 356 g/mol. The van der Waals surface area contributed by atoms with Crippen LogP contribution in [0.15, 0.2) is 30.5 Å². The molecule has 5 nitrogen and oxygen atoms in total. The number of hydrogen-bond acceptors (Lipinski definition) is 4. The number of thiazole rings is 1. The zero-order valence-electron chi connectivity index (χ0n) is 16.4. The molecule has 1 aliphatic carbocycles. The third kappa shape index (κ3) is 4.01. The van der Waals surface area contributed by atoms with Gasteiger partial charge in [0, 0.05) is 16.6 Å². The largest absolute Gasteiger partial charge is 0.351 e. The second-order valence-corrected chi connectivity index (χ2v) is 9.05. The monoisotopic (exact) mass is 386 g/mol. The summed E-state index contributed by atoms with van der Waals surface area (Å²) < 4.78 is 0. The lowest BCUT2D eigenvalue weighted by Gasteiger charge is -2.39. The predicted molar refractivity (Wildman–Crippen MR) is 112 cm³/mol. The summed E-state index contributed by atoms with van der Waals surface area (Å²) in [5.74, 6) is 0.743. The number of rotatable bonds is 5. The number of primary amides is 1. The number of urea groups is 1. The lowest BCUT2D eigenvalue weighted by molar-refractivity contribution is 0.224. The molecule has 1 heterocycles. The van der Waals surface area contributed by atoms with Crippen LogP contribution in [-0.4, -0.2) is 11.0 Å². The van der Waals surface area contributed by atoms with Gasteiger partial charge < -0.3 is 11.5 Å². The van der Waals surface area contributed by atoms with Crippen molar-refractivity contribution in [3.63, 3.8) is 0 Å². The van der Waals surface area contributed by atoms with Crippen LogP contribution in [0.2, 0.25) is 0 Å². The van der Waals surface area contributed by atoms with E-state index in [0.717, 1.165) is 29.0 Å². The third-order valence-corrected chi connectivity index (χ3v) is 6.95. The molecule has 146 valence electrons. The molecule has 6 heteroatoms. The molecule has 0 spiro atoms. The highest BCUT2D eigenvalue weighted by atomic mass is 32.1. The molecule has 2 aromatic rings. The van der Waals surface area contributed by atoms with Gasteiger partial charge in [0.15, 0.2) is 5.13 Å². The van der Waals surface area contributed by atoms with Gasteiger partial charge in [-0.25, -0.2) is 14.7 Å². The Morgan fingerprint density at radius 3 is 2.52 bits per heavy atom. The lowest BCUT2D eigenvalue weighted by atomic mass is 9.72. The van der Waals surface area contributed by atoms with Gasteiger partial charge >= 0.3 is 6.03 Å². The highest BCUT2D eigenvalue weighted by Crippen LogP contribution is 2.43. The zero-order chi connectivity index (χ0) is 19.6. The first kappa shape index (κ1) is 19.8. The van der Waals surface area contributed by atoms with E-state index in [9.17, 15) is 4.79 Å². The minimum Gasteiger partial charge on any atom is -0.351 e. The Morgan fingerprint density at radius 2 is 1.93 bits per heavy atom. The first-order valence-electron chi connectivity index (χ1n) is 9.76. The van der Waals surface area contributed by atoms with Crippen molar-refractivity contribution in [3.8, 4) is 0 Å². The molecule has 4 N–H and O–H groups in total. The van der Waals surface area contributed by atoms with E-state index in [1.54, 1.807) is 0 Å². The number of para-hydroxylation sites is 1. The van der Waals surface area contributed by atoms with E-state index in [0.29, 0.717) is 17.0 Å². The van der Waals surface area contributed by atoms with Crippen LogP contribution in [0.1, 0.15) is 69.2 Å². The van der Waals surface area contributed by atoms with E-state index >= 15 is 0 Å². The maximum absolute atomic E-state index is 12.4. The van der Waals surface area contributed by atoms with Crippen LogP contribution in [0, 0.1) is 5.92 Å². The number of anilines is 2. The lowest BCUT2D eigenvalue weighted by Crippen LogP contribution is -2.44. The molecule has 0 radical (unpaired) electrons. The smallest absolute Gasteiger partial charge is 0.325 e. The zero-order valence-corrected chi connectivity index (χ0v) is 17.3. The van der Waals surface area contributed by atoms with Crippen molar-refractivity contribution < 1.29 is 4.79 Å². The summed E-state index contributed by atoms with van der Waals surface area (Å²) >= 11 is 1.50. The fourth-order valence-electron chi connectivity index (χ4n) is 4.01. The molecule has 0 bridgehead atoms. The van der Waals surface area contributed by atoms with Crippen LogP contribution in [-0.2, 0) is 5.54 Å². The Bertz CT molecular complexity index is 793. The van der Waals surface area contributed by atoms with E-state index in [4.69, 9.17) is 11.5 Å². The molecule has 2 amide bonds. The summed E-state index contributed by atoms with van der Waals surface area (Å²) in [4.78, 5) is 19.5. The summed E-state index contributed by atoms with van der Waals surface area (Å²) in [5.41, 5.74) is 13.8. The van der Waals surface area contributed by atoms with Crippen LogP contribution in [0.5, 0.6) is 0 Å². The van der Waals surface area contributed by atoms with Crippen molar-refractivity contribution in [2.24, 2.45) is 17.4 Å². The number of benzene rings is 1. The number of carbonyl (C=O) groups is 1. The van der Waals surface area contributed by atoms with Gasteiger partial charge in [0.25, 0.3) is 0 Å². The normalized spacial score (nSPS) is 17.7. The number of hydrogen-bond donors (Lipinski definition) is 2. The molecule has 0 aliphatic heterocycles. The fraction of sp³-hybridized carbons (Fsp3) is 0.524. The Hall–Kier alpha value is -1.92. The van der Waals surface area contributed by atoms with Crippen LogP contribution < -0.4 is 16.4 Å². The summed E-state index contributed by atoms with van der Waals surface area (Å²) in [7, 11) is 0. The van der Waals surface area contributed by atoms with Gasteiger partial charge in [0.05, 0.1) is 5.69 Å². The fourth-order valence-corrected chi connectivity index (χ4v) is 4.95. The van der Waals surface area contributed by atoms with Gasteiger partial charge in [0.1, 0.15) is 0 Å². The summed E-state index contributed by atoms with van der Waals surface area (Å²) in [6.45, 7) is 6.31. The van der Waals surface area contributed by atoms with Gasteiger partial charge in [-0.3, -0.25) is 0 Å². The molecule has 0 saturated heterocycles. The van der Waals surface area contributed by atoms with E-state index < -0.39 is 11.6 Å². The first-order chi connectivity index (χ1) is 12.8. The summed E-state index contributed by atoms with van der Waals surface area (Å²) in [6.07, 6.45) is 7.76. The van der Waals surface area contributed by atoms with Crippen molar-refractivity contribution in [2.75, 3.05) is 4.90 Å². The highest BCUT2D eigenvalue weighted by Gasteiger charge is 2.36. The molecule has 1 atom stereocenters. The van der Waals surface area contributed by atoms with Gasteiger partial charge in [-0.2, -0.15) is 0 Å². The van der Waals surface area contributed by atoms with E-state index in [1.807, 2.05) is 30.5 Å². The summed E-state index contributed by atoms with van der Waals surface area (Å²) in [5, 5.41) is 0.595. The second kappa shape index (κ2) is 7.98. The van der Waals surface area contributed by atoms with Crippen molar-refractivity contribution in [1.82, 2.24) is 4.98 Å². The van der Waals surface area contributed by atoms with Gasteiger partial charge in [0.2, 0.25) is 0 Å². The number of amides is 2. The molecule has 3 rings (SSSR count). The molecule has 27 heavy (non-hydrogen) atoms. The minimum absolute atomic E-state index is 0.350. The topological polar surface area (TPSA) is 85.2 Å². The highest BCUT2D eigenvalue weighted by molar-refractivity contribution is 7.15. The number of nitrogens with two attached hydrogens (primary N) is 2. The quantitative estimate of drug-likeness (QED) is 0.737. The van der Waals surface area contributed by atoms with Crippen LogP contribution in [0.3, 0.4) is 0 Å². The van der Waals surface area contributed by atoms with Gasteiger partial charge in [-0.05, 0) is 43.2 Å². The maximum Gasteiger partial charge on any atom is 0.325 e. The van der Waals surface area contributed by atoms with E-state index in [1.165, 1.54) is 35.5 Å². The first-order valence-corrected chi connectivity index (χ1v) is 10.6. The Balaban J connectivity index is 2.05. The molecular formula is C21H30N4OS. The predicted octanol–water partition coefficient (Wildman–Crippen LogP) is 5.24. The second-order valence-electron chi connectivity index (χ2n) is 8.01. The third-order valence-electron chi connectivity index (χ3n) is 5.67. The van der Waals surface area contributed by atoms with Gasteiger partial charge in [-0.15, -0.1) is 11.3 Å². The average Bonchev–Trinajstić information content (AvgIpc) is 3.12. The molecule has 1 saturated carbocycles. The molecule has 1 aliphatic rings. The molecule has 1 aromatic carbocycles. The molecule has 1 unspecified atom stereocenters. The van der Waals surface area contributed by atoms with Crippen LogP contribution in [0.25, 0.3) is 0 Å². The average molecular weight is 387 g/mol. The van der Waals surface area contributed by atoms with Crippen LogP contribution >= 0.6 is 11.3 Å². The number of carbonyl (C=O) groups excluding carboxylic acids is 1. The number of aromatic nitrogens is 1. The van der Waals surface area contributed by atoms with Crippen molar-refractivity contribution in [1.29, 1.82) is 0 Å². The van der Waals surface area contributed by atoms with Crippen LogP contribution in [0.4, 0.5) is 15.6 Å². The Kier molecular flexibility index (Phi) is 5.86. The summed E-state index contributed by atoms with van der Waals surface area (Å²) in [6, 6.07) is 7.31. The standard InChI is InChI=1S/C21H30N4OS/c1-14(2)18-13-24-20(27-18)25(19(22)26)17-12-8-7-11-16(17)21(3,23)15-9-5-4-6-10-15/h7-8,11-15H,4-6,9-10,23H2,1-3H3,(H2,22,26). The van der Waals surface area contributed by atoms with Crippen molar-refractivity contribution in [2.45, 2.75) is 64.3 Å². The Labute approximate surface area is 165 Å².